The van der Waals surface area contributed by atoms with Gasteiger partial charge in [-0.3, -0.25) is 9.69 Å². The standard InChI is InChI=1S/C27H36N4O3S2.ClH/c1-19-16-20(2)18-30(17-19)36(33,34)23-12-10-22(11-13-23)26(32)31(15-7-14-29(4)5)27-28-25-21(3)8-6-9-24(25)35-27;/h6,8-13,19-20H,7,14-18H2,1-5H3;1H. The second-order valence-corrected chi connectivity index (χ2v) is 13.3. The largest absolute Gasteiger partial charge is 0.309 e. The van der Waals surface area contributed by atoms with Crippen molar-refractivity contribution in [2.45, 2.75) is 38.5 Å². The van der Waals surface area contributed by atoms with Crippen molar-refractivity contribution in [3.63, 3.8) is 0 Å². The molecule has 4 rings (SSSR count). The van der Waals surface area contributed by atoms with Crippen molar-refractivity contribution in [3.05, 3.63) is 53.6 Å². The van der Waals surface area contributed by atoms with Crippen LogP contribution in [0.5, 0.6) is 0 Å². The average molecular weight is 565 g/mol. The molecule has 7 nitrogen and oxygen atoms in total. The minimum Gasteiger partial charge on any atom is -0.309 e. The number of carbonyl (C=O) groups is 1. The van der Waals surface area contributed by atoms with Crippen LogP contribution in [0.2, 0.25) is 0 Å². The maximum absolute atomic E-state index is 13.7. The third kappa shape index (κ3) is 6.70. The Morgan fingerprint density at radius 2 is 1.70 bits per heavy atom. The van der Waals surface area contributed by atoms with E-state index in [4.69, 9.17) is 4.98 Å². The van der Waals surface area contributed by atoms with Gasteiger partial charge in [0.05, 0.1) is 15.1 Å². The molecule has 10 heteroatoms. The minimum absolute atomic E-state index is 0. The number of anilines is 1. The molecule has 1 saturated heterocycles. The Hall–Kier alpha value is -2.04. The molecule has 1 fully saturated rings. The number of nitrogens with zero attached hydrogens (tertiary/aromatic N) is 4. The Balaban J connectivity index is 0.00000380. The zero-order valence-electron chi connectivity index (χ0n) is 22.2. The normalized spacial score (nSPS) is 18.6. The van der Waals surface area contributed by atoms with Gasteiger partial charge < -0.3 is 4.90 Å². The van der Waals surface area contributed by atoms with E-state index < -0.39 is 10.0 Å². The average Bonchev–Trinajstić information content (AvgIpc) is 3.26. The number of para-hydroxylation sites is 1. The van der Waals surface area contributed by atoms with E-state index >= 15 is 0 Å². The molecule has 0 saturated carbocycles. The fraction of sp³-hybridized carbons (Fsp3) is 0.481. The fourth-order valence-corrected chi connectivity index (χ4v) is 7.64. The summed E-state index contributed by atoms with van der Waals surface area (Å²) in [4.78, 5) is 22.5. The topological polar surface area (TPSA) is 73.8 Å². The summed E-state index contributed by atoms with van der Waals surface area (Å²) >= 11 is 1.51. The summed E-state index contributed by atoms with van der Waals surface area (Å²) in [5.74, 6) is 0.490. The third-order valence-corrected chi connectivity index (χ3v) is 9.54. The predicted octanol–water partition coefficient (Wildman–Crippen LogP) is 5.29. The van der Waals surface area contributed by atoms with Crippen molar-refractivity contribution in [1.82, 2.24) is 14.2 Å². The summed E-state index contributed by atoms with van der Waals surface area (Å²) in [6.45, 7) is 8.64. The van der Waals surface area contributed by atoms with E-state index in [1.54, 1.807) is 33.5 Å². The van der Waals surface area contributed by atoms with E-state index in [9.17, 15) is 13.2 Å². The highest BCUT2D eigenvalue weighted by Gasteiger charge is 2.32. The van der Waals surface area contributed by atoms with Crippen molar-refractivity contribution in [3.8, 4) is 0 Å². The van der Waals surface area contributed by atoms with Crippen LogP contribution in [0.1, 0.15) is 42.6 Å². The first-order valence-corrected chi connectivity index (χ1v) is 14.7. The van der Waals surface area contributed by atoms with E-state index in [2.05, 4.69) is 18.7 Å². The first-order chi connectivity index (χ1) is 17.1. The number of hydrogen-bond donors (Lipinski definition) is 0. The monoisotopic (exact) mass is 564 g/mol. The number of thiazole rings is 1. The minimum atomic E-state index is -3.60. The molecule has 2 aromatic carbocycles. The summed E-state index contributed by atoms with van der Waals surface area (Å²) in [5, 5.41) is 0.663. The first kappa shape index (κ1) is 29.5. The van der Waals surface area contributed by atoms with Crippen LogP contribution in [-0.2, 0) is 10.0 Å². The number of hydrogen-bond acceptors (Lipinski definition) is 6. The highest BCUT2D eigenvalue weighted by atomic mass is 35.5. The Morgan fingerprint density at radius 1 is 1.05 bits per heavy atom. The number of aryl methyl sites for hydroxylation is 1. The lowest BCUT2D eigenvalue weighted by Gasteiger charge is -2.34. The van der Waals surface area contributed by atoms with Gasteiger partial charge in [0.1, 0.15) is 0 Å². The van der Waals surface area contributed by atoms with Crippen molar-refractivity contribution in [2.24, 2.45) is 11.8 Å². The lowest BCUT2D eigenvalue weighted by Crippen LogP contribution is -2.42. The second kappa shape index (κ2) is 12.2. The van der Waals surface area contributed by atoms with Crippen LogP contribution < -0.4 is 4.90 Å². The zero-order chi connectivity index (χ0) is 26.0. The van der Waals surface area contributed by atoms with E-state index in [-0.39, 0.29) is 23.2 Å². The maximum Gasteiger partial charge on any atom is 0.260 e. The van der Waals surface area contributed by atoms with Crippen LogP contribution in [0.3, 0.4) is 0 Å². The van der Waals surface area contributed by atoms with Gasteiger partial charge in [0.2, 0.25) is 10.0 Å². The van der Waals surface area contributed by atoms with Crippen LogP contribution in [0.25, 0.3) is 10.2 Å². The van der Waals surface area contributed by atoms with E-state index in [1.165, 1.54) is 11.3 Å². The number of carbonyl (C=O) groups excluding carboxylic acids is 1. The van der Waals surface area contributed by atoms with Gasteiger partial charge in [0.15, 0.2) is 5.13 Å². The third-order valence-electron chi connectivity index (χ3n) is 6.65. The molecule has 3 aromatic rings. The molecule has 2 heterocycles. The number of amides is 1. The number of halogens is 1. The van der Waals surface area contributed by atoms with Gasteiger partial charge >= 0.3 is 0 Å². The van der Waals surface area contributed by atoms with Gasteiger partial charge in [-0.15, -0.1) is 12.4 Å². The number of aromatic nitrogens is 1. The quantitative estimate of drug-likeness (QED) is 0.371. The molecule has 1 amide bonds. The van der Waals surface area contributed by atoms with Crippen molar-refractivity contribution in [1.29, 1.82) is 0 Å². The number of sulfonamides is 1. The molecule has 37 heavy (non-hydrogen) atoms. The van der Waals surface area contributed by atoms with Gasteiger partial charge in [-0.25, -0.2) is 13.4 Å². The Bertz CT molecular complexity index is 1320. The highest BCUT2D eigenvalue weighted by molar-refractivity contribution is 7.89. The van der Waals surface area contributed by atoms with Crippen LogP contribution in [0, 0.1) is 18.8 Å². The summed E-state index contributed by atoms with van der Waals surface area (Å²) in [6.07, 6.45) is 1.83. The molecular formula is C27H37ClN4O3S2. The van der Waals surface area contributed by atoms with Crippen molar-refractivity contribution in [2.75, 3.05) is 45.2 Å². The predicted molar refractivity (Wildman–Crippen MR) is 155 cm³/mol. The van der Waals surface area contributed by atoms with Gasteiger partial charge in [0, 0.05) is 25.2 Å². The summed E-state index contributed by atoms with van der Waals surface area (Å²) in [5.41, 5.74) is 2.44. The summed E-state index contributed by atoms with van der Waals surface area (Å²) in [6, 6.07) is 12.4. The van der Waals surface area contributed by atoms with Crippen LogP contribution in [-0.4, -0.2) is 68.8 Å². The van der Waals surface area contributed by atoms with Crippen LogP contribution >= 0.6 is 23.7 Å². The molecule has 0 radical (unpaired) electrons. The Morgan fingerprint density at radius 3 is 2.30 bits per heavy atom. The fourth-order valence-electron chi connectivity index (χ4n) is 4.90. The molecule has 2 atom stereocenters. The summed E-state index contributed by atoms with van der Waals surface area (Å²) < 4.78 is 29.2. The number of benzene rings is 2. The maximum atomic E-state index is 13.7. The molecule has 202 valence electrons. The van der Waals surface area contributed by atoms with Gasteiger partial charge in [-0.05, 0) is 88.1 Å². The van der Waals surface area contributed by atoms with E-state index in [0.29, 0.717) is 42.2 Å². The molecule has 2 unspecified atom stereocenters. The molecule has 1 aliphatic heterocycles. The summed E-state index contributed by atoms with van der Waals surface area (Å²) in [7, 11) is 0.424. The Labute approximate surface area is 230 Å². The number of fused-ring (bicyclic) bond motifs is 1. The van der Waals surface area contributed by atoms with Crippen LogP contribution in [0.4, 0.5) is 5.13 Å². The number of piperidine rings is 1. The zero-order valence-corrected chi connectivity index (χ0v) is 24.6. The van der Waals surface area contributed by atoms with E-state index in [1.807, 2.05) is 39.2 Å². The second-order valence-electron chi connectivity index (χ2n) is 10.3. The van der Waals surface area contributed by atoms with Crippen molar-refractivity contribution >= 4 is 55.0 Å². The van der Waals surface area contributed by atoms with Gasteiger partial charge in [0.25, 0.3) is 5.91 Å². The molecular weight excluding hydrogens is 528 g/mol. The molecule has 1 aliphatic rings. The van der Waals surface area contributed by atoms with Crippen molar-refractivity contribution < 1.29 is 13.2 Å². The highest BCUT2D eigenvalue weighted by Crippen LogP contribution is 2.32. The lowest BCUT2D eigenvalue weighted by atomic mass is 9.94. The first-order valence-electron chi connectivity index (χ1n) is 12.5. The molecule has 1 aromatic heterocycles. The Kier molecular flexibility index (Phi) is 9.74. The van der Waals surface area contributed by atoms with Gasteiger partial charge in [-0.2, -0.15) is 4.31 Å². The molecule has 0 aliphatic carbocycles. The van der Waals surface area contributed by atoms with Crippen LogP contribution in [0.15, 0.2) is 47.4 Å². The lowest BCUT2D eigenvalue weighted by molar-refractivity contribution is 0.0986. The van der Waals surface area contributed by atoms with Gasteiger partial charge in [-0.1, -0.05) is 37.3 Å². The molecule has 0 spiro atoms. The molecule has 0 bridgehead atoms. The smallest absolute Gasteiger partial charge is 0.260 e. The number of rotatable bonds is 8. The molecule has 0 N–H and O–H groups in total. The van der Waals surface area contributed by atoms with E-state index in [0.717, 1.165) is 35.2 Å². The SMILES string of the molecule is Cc1cccc2sc(N(CCCN(C)C)C(=O)c3ccc(S(=O)(=O)N4CC(C)CC(C)C4)cc3)nc12.Cl.